The molecule has 3 atom stereocenters. The number of likely N-dealkylation sites (N-methyl/N-ethyl adjacent to an activating group) is 1. The molecule has 6 nitrogen and oxygen atoms in total. The summed E-state index contributed by atoms with van der Waals surface area (Å²) < 4.78 is 24.8. The summed E-state index contributed by atoms with van der Waals surface area (Å²) in [5.41, 5.74) is 1.06. The van der Waals surface area contributed by atoms with Gasteiger partial charge in [0.05, 0.1) is 40.7 Å². The number of amides is 1. The second-order valence-electron chi connectivity index (χ2n) is 7.98. The number of quaternary nitrogens is 1. The number of para-hydroxylation sites is 1. The number of hydrogen-bond donors (Lipinski definition) is 1. The maximum Gasteiger partial charge on any atom is 0.278 e. The van der Waals surface area contributed by atoms with Gasteiger partial charge in [-0.15, -0.1) is 11.3 Å². The number of carbonyl (C=O) groups is 1. The lowest BCUT2D eigenvalue weighted by molar-refractivity contribution is -0.898. The SMILES string of the molecule is CCN(C(=O)C[NH+]1CCC[C@H](c2nc3ccccc3s2)C1)[C@H]1CCS(=O)(=O)C1. The molecule has 3 heterocycles. The summed E-state index contributed by atoms with van der Waals surface area (Å²) in [7, 11) is -2.98. The number of carbonyl (C=O) groups excluding carboxylic acids is 1. The number of sulfone groups is 1. The quantitative estimate of drug-likeness (QED) is 0.783. The van der Waals surface area contributed by atoms with Crippen LogP contribution in [0.5, 0.6) is 0 Å². The number of fused-ring (bicyclic) bond motifs is 1. The minimum Gasteiger partial charge on any atom is -0.334 e. The van der Waals surface area contributed by atoms with Gasteiger partial charge in [0.15, 0.2) is 16.4 Å². The van der Waals surface area contributed by atoms with Crippen LogP contribution in [0.2, 0.25) is 0 Å². The maximum absolute atomic E-state index is 12.9. The van der Waals surface area contributed by atoms with Gasteiger partial charge in [0.1, 0.15) is 5.01 Å². The highest BCUT2D eigenvalue weighted by Gasteiger charge is 2.36. The molecular formula is C20H28N3O3S2+. The Hall–Kier alpha value is -1.51. The van der Waals surface area contributed by atoms with Crippen LogP contribution in [0, 0.1) is 0 Å². The number of rotatable bonds is 5. The van der Waals surface area contributed by atoms with E-state index in [-0.39, 0.29) is 23.5 Å². The first-order chi connectivity index (χ1) is 13.4. The highest BCUT2D eigenvalue weighted by molar-refractivity contribution is 7.91. The van der Waals surface area contributed by atoms with E-state index in [2.05, 4.69) is 12.1 Å². The molecule has 2 aliphatic heterocycles. The van der Waals surface area contributed by atoms with Gasteiger partial charge in [-0.25, -0.2) is 13.4 Å². The van der Waals surface area contributed by atoms with Crippen molar-refractivity contribution in [2.75, 3.05) is 37.7 Å². The lowest BCUT2D eigenvalue weighted by Crippen LogP contribution is -3.14. The normalized spacial score (nSPS) is 27.1. The Bertz CT molecular complexity index is 924. The Morgan fingerprint density at radius 3 is 2.86 bits per heavy atom. The highest BCUT2D eigenvalue weighted by atomic mass is 32.2. The van der Waals surface area contributed by atoms with Crippen LogP contribution in [0.4, 0.5) is 0 Å². The van der Waals surface area contributed by atoms with Crippen LogP contribution in [-0.2, 0) is 14.6 Å². The number of hydrogen-bond acceptors (Lipinski definition) is 5. The first-order valence-corrected chi connectivity index (χ1v) is 12.8. The molecule has 2 fully saturated rings. The van der Waals surface area contributed by atoms with Crippen molar-refractivity contribution >= 4 is 37.3 Å². The van der Waals surface area contributed by atoms with E-state index in [4.69, 9.17) is 4.98 Å². The molecule has 2 saturated heterocycles. The molecule has 2 aromatic rings. The monoisotopic (exact) mass is 422 g/mol. The summed E-state index contributed by atoms with van der Waals surface area (Å²) in [6.45, 7) is 4.89. The van der Waals surface area contributed by atoms with Crippen LogP contribution in [0.1, 0.15) is 37.1 Å². The first-order valence-electron chi connectivity index (χ1n) is 10.1. The second kappa shape index (κ2) is 8.08. The molecule has 0 spiro atoms. The predicted octanol–water partition coefficient (Wildman–Crippen LogP) is 1.09. The number of nitrogens with one attached hydrogen (secondary N) is 1. The number of piperidine rings is 1. The van der Waals surface area contributed by atoms with Crippen LogP contribution in [-0.4, -0.2) is 67.9 Å². The van der Waals surface area contributed by atoms with Crippen molar-refractivity contribution in [2.45, 2.75) is 38.1 Å². The molecule has 1 N–H and O–H groups in total. The van der Waals surface area contributed by atoms with E-state index in [9.17, 15) is 13.2 Å². The Morgan fingerprint density at radius 1 is 1.32 bits per heavy atom. The van der Waals surface area contributed by atoms with E-state index in [1.165, 1.54) is 14.6 Å². The van der Waals surface area contributed by atoms with Crippen LogP contribution >= 0.6 is 11.3 Å². The standard InChI is InChI=1S/C20H27N3O3S2/c1-2-23(16-9-11-28(25,26)14-16)19(24)13-22-10-5-6-15(12-22)20-21-17-7-3-4-8-18(17)27-20/h3-4,7-8,15-16H,2,5-6,9-14H2,1H3/p+1/t15-,16-/m0/s1. The summed E-state index contributed by atoms with van der Waals surface area (Å²) in [6, 6.07) is 8.09. The molecule has 8 heteroatoms. The zero-order valence-corrected chi connectivity index (χ0v) is 17.9. The Kier molecular flexibility index (Phi) is 5.71. The minimum atomic E-state index is -2.98. The fourth-order valence-electron chi connectivity index (χ4n) is 4.56. The summed E-state index contributed by atoms with van der Waals surface area (Å²) >= 11 is 1.77. The number of thiazole rings is 1. The van der Waals surface area contributed by atoms with E-state index in [1.54, 1.807) is 16.2 Å². The van der Waals surface area contributed by atoms with Crippen LogP contribution in [0.25, 0.3) is 10.2 Å². The number of likely N-dealkylation sites (tertiary alicyclic amines) is 1. The minimum absolute atomic E-state index is 0.0875. The third kappa shape index (κ3) is 4.23. The maximum atomic E-state index is 12.9. The van der Waals surface area contributed by atoms with E-state index in [0.717, 1.165) is 31.4 Å². The van der Waals surface area contributed by atoms with Gasteiger partial charge in [-0.05, 0) is 38.3 Å². The summed E-state index contributed by atoms with van der Waals surface area (Å²) in [5, 5.41) is 1.18. The van der Waals surface area contributed by atoms with Crippen LogP contribution in [0.3, 0.4) is 0 Å². The number of benzene rings is 1. The lowest BCUT2D eigenvalue weighted by Gasteiger charge is -2.32. The molecule has 28 heavy (non-hydrogen) atoms. The van der Waals surface area contributed by atoms with Gasteiger partial charge in [0.2, 0.25) is 0 Å². The molecule has 1 amide bonds. The highest BCUT2D eigenvalue weighted by Crippen LogP contribution is 2.30. The fourth-order valence-corrected chi connectivity index (χ4v) is 7.39. The Morgan fingerprint density at radius 2 is 2.14 bits per heavy atom. The molecule has 0 aliphatic carbocycles. The van der Waals surface area contributed by atoms with Gasteiger partial charge >= 0.3 is 0 Å². The molecular weight excluding hydrogens is 394 g/mol. The summed E-state index contributed by atoms with van der Waals surface area (Å²) in [6.07, 6.45) is 2.79. The topological polar surface area (TPSA) is 71.8 Å². The van der Waals surface area contributed by atoms with Crippen molar-refractivity contribution in [1.82, 2.24) is 9.88 Å². The molecule has 1 aromatic carbocycles. The van der Waals surface area contributed by atoms with Crippen LogP contribution < -0.4 is 4.90 Å². The van der Waals surface area contributed by atoms with Crippen molar-refractivity contribution in [3.63, 3.8) is 0 Å². The molecule has 0 radical (unpaired) electrons. The van der Waals surface area contributed by atoms with E-state index >= 15 is 0 Å². The molecule has 1 unspecified atom stereocenters. The third-order valence-corrected chi connectivity index (χ3v) is 8.94. The van der Waals surface area contributed by atoms with Crippen molar-refractivity contribution in [2.24, 2.45) is 0 Å². The molecule has 1 aromatic heterocycles. The average molecular weight is 423 g/mol. The molecule has 152 valence electrons. The zero-order chi connectivity index (χ0) is 19.7. The third-order valence-electron chi connectivity index (χ3n) is 5.99. The van der Waals surface area contributed by atoms with Crippen molar-refractivity contribution in [1.29, 1.82) is 0 Å². The number of aromatic nitrogens is 1. The van der Waals surface area contributed by atoms with Gasteiger partial charge in [-0.1, -0.05) is 12.1 Å². The van der Waals surface area contributed by atoms with E-state index in [1.807, 2.05) is 19.1 Å². The molecule has 0 saturated carbocycles. The van der Waals surface area contributed by atoms with E-state index < -0.39 is 9.84 Å². The first kappa shape index (κ1) is 19.8. The largest absolute Gasteiger partial charge is 0.334 e. The van der Waals surface area contributed by atoms with Gasteiger partial charge in [-0.3, -0.25) is 4.79 Å². The van der Waals surface area contributed by atoms with Gasteiger partial charge in [-0.2, -0.15) is 0 Å². The Labute approximate surface area is 170 Å². The smallest absolute Gasteiger partial charge is 0.278 e. The Balaban J connectivity index is 1.40. The van der Waals surface area contributed by atoms with Crippen molar-refractivity contribution in [3.05, 3.63) is 29.3 Å². The van der Waals surface area contributed by atoms with Gasteiger partial charge in [0.25, 0.3) is 5.91 Å². The van der Waals surface area contributed by atoms with E-state index in [0.29, 0.717) is 25.4 Å². The van der Waals surface area contributed by atoms with Crippen molar-refractivity contribution in [3.8, 4) is 0 Å². The fraction of sp³-hybridized carbons (Fsp3) is 0.600. The molecule has 0 bridgehead atoms. The van der Waals surface area contributed by atoms with Crippen molar-refractivity contribution < 1.29 is 18.1 Å². The van der Waals surface area contributed by atoms with Gasteiger partial charge in [0, 0.05) is 12.6 Å². The zero-order valence-electron chi connectivity index (χ0n) is 16.3. The molecule has 4 rings (SSSR count). The lowest BCUT2D eigenvalue weighted by atomic mass is 9.98. The summed E-state index contributed by atoms with van der Waals surface area (Å²) in [4.78, 5) is 20.8. The average Bonchev–Trinajstić information content (AvgIpc) is 3.25. The van der Waals surface area contributed by atoms with Gasteiger partial charge < -0.3 is 9.80 Å². The molecule has 2 aliphatic rings. The second-order valence-corrected chi connectivity index (χ2v) is 11.3. The predicted molar refractivity (Wildman–Crippen MR) is 112 cm³/mol. The van der Waals surface area contributed by atoms with Crippen LogP contribution in [0.15, 0.2) is 24.3 Å². The summed E-state index contributed by atoms with van der Waals surface area (Å²) in [5.74, 6) is 0.814. The number of nitrogens with zero attached hydrogens (tertiary/aromatic N) is 2.